The minimum absolute atomic E-state index is 0.0613. The van der Waals surface area contributed by atoms with Crippen LogP contribution in [0.25, 0.3) is 21.8 Å². The van der Waals surface area contributed by atoms with Crippen molar-refractivity contribution in [2.24, 2.45) is 5.73 Å². The van der Waals surface area contributed by atoms with E-state index < -0.39 is 30.4 Å². The highest BCUT2D eigenvalue weighted by Crippen LogP contribution is 2.25. The van der Waals surface area contributed by atoms with Crippen LogP contribution in [-0.4, -0.2) is 75.4 Å². The first kappa shape index (κ1) is 42.3. The largest absolute Gasteiger partial charge is 0.508 e. The molecule has 0 aliphatic carbocycles. The Morgan fingerprint density at radius 3 is 2.07 bits per heavy atom. The highest BCUT2D eigenvalue weighted by atomic mass is 35.5. The number of aromatic hydroxyl groups is 1. The molecular formula is C42H46Cl2N8O5. The fraction of sp³-hybridized carbons (Fsp3) is 0.262. The molecule has 2 atom stereocenters. The third kappa shape index (κ3) is 12.8. The zero-order chi connectivity index (χ0) is 40.7. The highest BCUT2D eigenvalue weighted by molar-refractivity contribution is 6.31. The van der Waals surface area contributed by atoms with Gasteiger partial charge in [0.15, 0.2) is 0 Å². The molecule has 0 fully saturated rings. The van der Waals surface area contributed by atoms with E-state index in [0.717, 1.165) is 32.6 Å². The summed E-state index contributed by atoms with van der Waals surface area (Å²) < 4.78 is 0. The van der Waals surface area contributed by atoms with Crippen molar-refractivity contribution in [3.63, 3.8) is 0 Å². The molecule has 3 aromatic carbocycles. The number of nitrogens with one attached hydrogen (secondary N) is 6. The van der Waals surface area contributed by atoms with Gasteiger partial charge in [-0.25, -0.2) is 0 Å². The summed E-state index contributed by atoms with van der Waals surface area (Å²) in [6.07, 6.45) is 8.20. The molecule has 6 aromatic rings. The molecule has 3 heterocycles. The molecule has 9 N–H and O–H groups in total. The van der Waals surface area contributed by atoms with Crippen molar-refractivity contribution in [1.82, 2.24) is 36.2 Å². The number of carbonyl (C=O) groups excluding carboxylic acids is 4. The molecule has 0 saturated heterocycles. The molecule has 0 radical (unpaired) electrons. The molecule has 0 spiro atoms. The maximum absolute atomic E-state index is 13.4. The van der Waals surface area contributed by atoms with Gasteiger partial charge in [0.25, 0.3) is 0 Å². The lowest BCUT2D eigenvalue weighted by molar-refractivity contribution is -0.131. The third-order valence-electron chi connectivity index (χ3n) is 9.13. The first-order valence-corrected chi connectivity index (χ1v) is 19.2. The van der Waals surface area contributed by atoms with E-state index in [1.54, 1.807) is 55.0 Å². The van der Waals surface area contributed by atoms with E-state index in [1.165, 1.54) is 5.56 Å². The summed E-state index contributed by atoms with van der Waals surface area (Å²) in [6.45, 7) is 2.24. The summed E-state index contributed by atoms with van der Waals surface area (Å²) in [4.78, 5) is 62.8. The van der Waals surface area contributed by atoms with Gasteiger partial charge < -0.3 is 42.1 Å². The number of phenolic OH excluding ortho intramolecular Hbond substituents is 1. The van der Waals surface area contributed by atoms with Crippen LogP contribution in [0, 0.1) is 6.92 Å². The SMILES string of the molecule is Cc1ccc(Cl)cc1.NCCCC(=O)N[C@@H](Cc1c[nH]c2ccc(O)cc12)C(=O)NCC(=O)N[C@@H](Cc1ccncc1)C(=O)NCCc1c[nH]c2ccc(Cl)cc12. The lowest BCUT2D eigenvalue weighted by Crippen LogP contribution is -2.53. The summed E-state index contributed by atoms with van der Waals surface area (Å²) in [6, 6.07) is 19.7. The van der Waals surface area contributed by atoms with Gasteiger partial charge in [-0.1, -0.05) is 40.9 Å². The van der Waals surface area contributed by atoms with Crippen molar-refractivity contribution in [3.8, 4) is 5.75 Å². The number of fused-ring (bicyclic) bond motifs is 2. The van der Waals surface area contributed by atoms with Crippen molar-refractivity contribution in [2.75, 3.05) is 19.6 Å². The van der Waals surface area contributed by atoms with E-state index in [0.29, 0.717) is 41.9 Å². The Hall–Kier alpha value is -5.89. The van der Waals surface area contributed by atoms with E-state index in [9.17, 15) is 24.3 Å². The predicted octanol–water partition coefficient (Wildman–Crippen LogP) is 5.02. The zero-order valence-corrected chi connectivity index (χ0v) is 32.9. The smallest absolute Gasteiger partial charge is 0.243 e. The summed E-state index contributed by atoms with van der Waals surface area (Å²) >= 11 is 11.8. The lowest BCUT2D eigenvalue weighted by atomic mass is 10.0. The molecule has 6 rings (SSSR count). The number of hydrogen-bond donors (Lipinski definition) is 8. The van der Waals surface area contributed by atoms with Gasteiger partial charge in [-0.15, -0.1) is 0 Å². The van der Waals surface area contributed by atoms with Crippen LogP contribution in [0.5, 0.6) is 5.75 Å². The van der Waals surface area contributed by atoms with Crippen LogP contribution in [-0.2, 0) is 38.4 Å². The number of hydrogen-bond acceptors (Lipinski definition) is 7. The maximum Gasteiger partial charge on any atom is 0.243 e. The number of nitrogens with two attached hydrogens (primary N) is 1. The number of nitrogens with zero attached hydrogens (tertiary/aromatic N) is 1. The van der Waals surface area contributed by atoms with Gasteiger partial charge in [-0.05, 0) is 104 Å². The van der Waals surface area contributed by atoms with E-state index in [2.05, 4.69) is 36.2 Å². The van der Waals surface area contributed by atoms with Crippen molar-refractivity contribution >= 4 is 68.6 Å². The van der Waals surface area contributed by atoms with Crippen LogP contribution >= 0.6 is 23.2 Å². The molecule has 3 aromatic heterocycles. The summed E-state index contributed by atoms with van der Waals surface area (Å²) in [5.41, 5.74) is 11.0. The number of phenols is 1. The monoisotopic (exact) mass is 812 g/mol. The Labute approximate surface area is 340 Å². The van der Waals surface area contributed by atoms with Crippen LogP contribution in [0.2, 0.25) is 10.0 Å². The van der Waals surface area contributed by atoms with Gasteiger partial charge in [0.1, 0.15) is 17.8 Å². The Morgan fingerprint density at radius 2 is 1.37 bits per heavy atom. The minimum atomic E-state index is -1.02. The second-order valence-electron chi connectivity index (χ2n) is 13.5. The number of H-pyrrole nitrogens is 2. The molecule has 0 unspecified atom stereocenters. The number of aryl methyl sites for hydroxylation is 1. The Bertz CT molecular complexity index is 2260. The van der Waals surface area contributed by atoms with Gasteiger partial charge >= 0.3 is 0 Å². The first-order chi connectivity index (χ1) is 27.5. The predicted molar refractivity (Wildman–Crippen MR) is 223 cm³/mol. The number of carbonyl (C=O) groups is 4. The topological polar surface area (TPSA) is 207 Å². The van der Waals surface area contributed by atoms with Crippen LogP contribution in [0.1, 0.15) is 35.1 Å². The van der Waals surface area contributed by atoms with Gasteiger partial charge in [0, 0.05) is 82.4 Å². The van der Waals surface area contributed by atoms with Crippen molar-refractivity contribution in [3.05, 3.63) is 130 Å². The fourth-order valence-electron chi connectivity index (χ4n) is 6.13. The van der Waals surface area contributed by atoms with E-state index in [-0.39, 0.29) is 36.8 Å². The Morgan fingerprint density at radius 1 is 0.754 bits per heavy atom. The Balaban J connectivity index is 0.000000690. The average molecular weight is 814 g/mol. The van der Waals surface area contributed by atoms with E-state index in [4.69, 9.17) is 28.9 Å². The maximum atomic E-state index is 13.4. The number of amides is 4. The van der Waals surface area contributed by atoms with Crippen LogP contribution in [0.4, 0.5) is 0 Å². The van der Waals surface area contributed by atoms with Crippen LogP contribution < -0.4 is 27.0 Å². The molecule has 57 heavy (non-hydrogen) atoms. The van der Waals surface area contributed by atoms with Crippen molar-refractivity contribution in [1.29, 1.82) is 0 Å². The van der Waals surface area contributed by atoms with Crippen molar-refractivity contribution < 1.29 is 24.3 Å². The second-order valence-corrected chi connectivity index (χ2v) is 14.4. The minimum Gasteiger partial charge on any atom is -0.508 e. The van der Waals surface area contributed by atoms with Gasteiger partial charge in [-0.3, -0.25) is 24.2 Å². The summed E-state index contributed by atoms with van der Waals surface area (Å²) in [5.74, 6) is -1.85. The number of pyridine rings is 1. The molecule has 0 aliphatic rings. The van der Waals surface area contributed by atoms with Crippen molar-refractivity contribution in [2.45, 2.75) is 51.1 Å². The van der Waals surface area contributed by atoms with E-state index in [1.807, 2.05) is 49.5 Å². The number of aromatic nitrogens is 3. The van der Waals surface area contributed by atoms with Gasteiger partial charge in [-0.2, -0.15) is 0 Å². The lowest BCUT2D eigenvalue weighted by Gasteiger charge is -2.21. The number of rotatable bonds is 16. The van der Waals surface area contributed by atoms with Gasteiger partial charge in [0.05, 0.1) is 6.54 Å². The zero-order valence-electron chi connectivity index (χ0n) is 31.4. The number of halogens is 2. The third-order valence-corrected chi connectivity index (χ3v) is 9.62. The molecule has 4 amide bonds. The first-order valence-electron chi connectivity index (χ1n) is 18.5. The van der Waals surface area contributed by atoms with Gasteiger partial charge in [0.2, 0.25) is 23.6 Å². The molecule has 0 saturated carbocycles. The molecule has 15 heteroatoms. The molecular weight excluding hydrogens is 767 g/mol. The summed E-state index contributed by atoms with van der Waals surface area (Å²) in [7, 11) is 0. The standard InChI is InChI=1S/C35H39ClN8O5.C7H7Cl/c36-24-3-5-28-26(16-24)22(18-40-28)9-13-39-34(48)30(14-21-7-11-38-12-8-21)44-33(47)20-42-35(49)31(43-32(46)2-1-10-37)15-23-19-41-29-6-4-25(45)17-27(23)29;1-6-2-4-7(8)5-3-6/h3-8,11-12,16-19,30-31,40-41,45H,1-2,9-10,13-15,20,37H2,(H,39,48)(H,42,49)(H,43,46)(H,44,47);2-5H,1H3/t30-,31-;/m0./s1. The van der Waals surface area contributed by atoms with E-state index >= 15 is 0 Å². The number of benzene rings is 3. The average Bonchev–Trinajstić information content (AvgIpc) is 3.80. The van der Waals surface area contributed by atoms with Crippen LogP contribution in [0.3, 0.4) is 0 Å². The molecule has 13 nitrogen and oxygen atoms in total. The molecule has 298 valence electrons. The second kappa shape index (κ2) is 20.9. The fourth-order valence-corrected chi connectivity index (χ4v) is 6.43. The summed E-state index contributed by atoms with van der Waals surface area (Å²) in [5, 5.41) is 24.1. The van der Waals surface area contributed by atoms with Crippen LogP contribution in [0.15, 0.2) is 97.6 Å². The molecule has 0 bridgehead atoms. The highest BCUT2D eigenvalue weighted by Gasteiger charge is 2.25. The normalized spacial score (nSPS) is 11.9. The molecule has 0 aliphatic heterocycles. The number of aromatic amines is 2. The Kier molecular flexibility index (Phi) is 15.5. The quantitative estimate of drug-likeness (QED) is 0.0669.